The quantitative estimate of drug-likeness (QED) is 0.745. The van der Waals surface area contributed by atoms with Crippen LogP contribution in [0.4, 0.5) is 22.1 Å². The lowest BCUT2D eigenvalue weighted by Crippen LogP contribution is -2.55. The highest BCUT2D eigenvalue weighted by atomic mass is 35.5. The molecule has 1 amide bonds. The maximum Gasteiger partial charge on any atom is 0.410 e. The summed E-state index contributed by atoms with van der Waals surface area (Å²) in [4.78, 5) is 24.7. The van der Waals surface area contributed by atoms with Crippen molar-refractivity contribution in [1.29, 1.82) is 0 Å². The number of ether oxygens (including phenoxy) is 1. The highest BCUT2D eigenvalue weighted by Crippen LogP contribution is 2.29. The number of amides is 1. The number of carbonyl (C=O) groups is 1. The normalized spacial score (nSPS) is 17.6. The van der Waals surface area contributed by atoms with E-state index in [1.165, 1.54) is 0 Å². The van der Waals surface area contributed by atoms with Gasteiger partial charge in [0.2, 0.25) is 5.28 Å². The lowest BCUT2D eigenvalue weighted by Gasteiger charge is -2.41. The van der Waals surface area contributed by atoms with Crippen molar-refractivity contribution in [2.45, 2.75) is 46.3 Å². The zero-order valence-corrected chi connectivity index (χ0v) is 17.4. The van der Waals surface area contributed by atoms with Crippen LogP contribution in [0.5, 0.6) is 0 Å². The van der Waals surface area contributed by atoms with E-state index in [9.17, 15) is 4.79 Å². The van der Waals surface area contributed by atoms with Crippen LogP contribution in [0, 0.1) is 6.92 Å². The van der Waals surface area contributed by atoms with Gasteiger partial charge in [-0.05, 0) is 46.2 Å². The van der Waals surface area contributed by atoms with Gasteiger partial charge in [-0.3, -0.25) is 0 Å². The minimum absolute atomic E-state index is 0.0408. The maximum atomic E-state index is 12.4. The molecule has 1 fully saturated rings. The van der Waals surface area contributed by atoms with Gasteiger partial charge in [0.15, 0.2) is 11.6 Å². The fraction of sp³-hybridized carbons (Fsp3) is 0.588. The number of piperazine rings is 1. The number of nitrogens with zero attached hydrogens (tertiary/aromatic N) is 6. The van der Waals surface area contributed by atoms with Gasteiger partial charge in [-0.25, -0.2) is 9.78 Å². The van der Waals surface area contributed by atoms with Gasteiger partial charge in [0.25, 0.3) is 0 Å². The standard InChI is InChI=1S/C17H25ClN8O2/c1-10-9-25(6-7-26(10)16(27)28-17(3,4)5)12-8-19-15(18)21-14(12)20-13-11(2)22-24-23-13/h8,10H,6-7,9H2,1-5H3,(H2,19,20,21,22,23,24)/t10-/m1/s1. The fourth-order valence-electron chi connectivity index (χ4n) is 2.96. The molecule has 11 heteroatoms. The molecule has 3 heterocycles. The molecular formula is C17H25ClN8O2. The number of halogens is 1. The molecule has 10 nitrogen and oxygen atoms in total. The molecule has 0 spiro atoms. The minimum Gasteiger partial charge on any atom is -0.444 e. The summed E-state index contributed by atoms with van der Waals surface area (Å²) in [5.41, 5.74) is 0.969. The summed E-state index contributed by atoms with van der Waals surface area (Å²) in [6.45, 7) is 11.2. The molecule has 2 N–H and O–H groups in total. The second-order valence-corrected chi connectivity index (χ2v) is 8.06. The lowest BCUT2D eigenvalue weighted by atomic mass is 10.2. The topological polar surface area (TPSA) is 112 Å². The van der Waals surface area contributed by atoms with Crippen LogP contribution < -0.4 is 10.2 Å². The largest absolute Gasteiger partial charge is 0.444 e. The van der Waals surface area contributed by atoms with Gasteiger partial charge < -0.3 is 19.9 Å². The number of carbonyl (C=O) groups excluding carboxylic acids is 1. The molecule has 0 radical (unpaired) electrons. The first-order valence-corrected chi connectivity index (χ1v) is 9.43. The zero-order chi connectivity index (χ0) is 20.5. The molecule has 0 bridgehead atoms. The van der Waals surface area contributed by atoms with Crippen molar-refractivity contribution in [3.05, 3.63) is 17.2 Å². The Kier molecular flexibility index (Phi) is 5.59. The third-order valence-corrected chi connectivity index (χ3v) is 4.48. The molecule has 1 saturated heterocycles. The Bertz CT molecular complexity index is 850. The maximum absolute atomic E-state index is 12.4. The van der Waals surface area contributed by atoms with Crippen molar-refractivity contribution in [1.82, 2.24) is 30.3 Å². The predicted molar refractivity (Wildman–Crippen MR) is 106 cm³/mol. The summed E-state index contributed by atoms with van der Waals surface area (Å²) in [5.74, 6) is 1.10. The van der Waals surface area contributed by atoms with E-state index < -0.39 is 5.60 Å². The van der Waals surface area contributed by atoms with E-state index in [0.717, 1.165) is 5.69 Å². The first-order chi connectivity index (χ1) is 13.1. The van der Waals surface area contributed by atoms with Crippen LogP contribution in [0.25, 0.3) is 0 Å². The van der Waals surface area contributed by atoms with E-state index in [0.29, 0.717) is 37.0 Å². The second kappa shape index (κ2) is 7.78. The zero-order valence-electron chi connectivity index (χ0n) is 16.7. The molecule has 0 aromatic carbocycles. The van der Waals surface area contributed by atoms with Gasteiger partial charge in [0, 0.05) is 25.7 Å². The SMILES string of the molecule is Cc1n[nH]nc1Nc1nc(Cl)ncc1N1CCN(C(=O)OC(C)(C)C)[C@H](C)C1. The molecule has 28 heavy (non-hydrogen) atoms. The van der Waals surface area contributed by atoms with Crippen molar-refractivity contribution in [2.24, 2.45) is 0 Å². The molecule has 0 unspecified atom stereocenters. The summed E-state index contributed by atoms with van der Waals surface area (Å²) in [6.07, 6.45) is 1.37. The first-order valence-electron chi connectivity index (χ1n) is 9.05. The summed E-state index contributed by atoms with van der Waals surface area (Å²) in [6, 6.07) is -0.0408. The minimum atomic E-state index is -0.523. The second-order valence-electron chi connectivity index (χ2n) is 7.72. The van der Waals surface area contributed by atoms with Crippen molar-refractivity contribution in [3.8, 4) is 0 Å². The Hall–Kier alpha value is -2.62. The molecular weight excluding hydrogens is 384 g/mol. The van der Waals surface area contributed by atoms with E-state index in [4.69, 9.17) is 16.3 Å². The molecule has 1 aliphatic heterocycles. The van der Waals surface area contributed by atoms with Gasteiger partial charge in [-0.2, -0.15) is 15.3 Å². The number of nitrogens with one attached hydrogen (secondary N) is 2. The Morgan fingerprint density at radius 3 is 2.68 bits per heavy atom. The molecule has 152 valence electrons. The fourth-order valence-corrected chi connectivity index (χ4v) is 3.09. The van der Waals surface area contributed by atoms with Crippen LogP contribution in [0.2, 0.25) is 5.28 Å². The van der Waals surface area contributed by atoms with E-state index >= 15 is 0 Å². The lowest BCUT2D eigenvalue weighted by molar-refractivity contribution is 0.0159. The van der Waals surface area contributed by atoms with Crippen LogP contribution in [0.1, 0.15) is 33.4 Å². The third kappa shape index (κ3) is 4.61. The van der Waals surface area contributed by atoms with E-state index in [1.807, 2.05) is 34.6 Å². The number of aromatic amines is 1. The first kappa shape index (κ1) is 20.1. The number of rotatable bonds is 3. The highest BCUT2D eigenvalue weighted by Gasteiger charge is 2.32. The number of aromatic nitrogens is 5. The Balaban J connectivity index is 1.76. The van der Waals surface area contributed by atoms with Crippen LogP contribution in [0.15, 0.2) is 6.20 Å². The Morgan fingerprint density at radius 2 is 2.07 bits per heavy atom. The van der Waals surface area contributed by atoms with Gasteiger partial charge in [-0.1, -0.05) is 0 Å². The Morgan fingerprint density at radius 1 is 1.32 bits per heavy atom. The van der Waals surface area contributed by atoms with Crippen molar-refractivity contribution in [2.75, 3.05) is 29.9 Å². The third-order valence-electron chi connectivity index (χ3n) is 4.30. The van der Waals surface area contributed by atoms with Gasteiger partial charge in [0.1, 0.15) is 11.3 Å². The highest BCUT2D eigenvalue weighted by molar-refractivity contribution is 6.28. The van der Waals surface area contributed by atoms with Gasteiger partial charge >= 0.3 is 6.09 Å². The molecule has 2 aromatic rings. The molecule has 1 atom stereocenters. The predicted octanol–water partition coefficient (Wildman–Crippen LogP) is 2.75. The van der Waals surface area contributed by atoms with Crippen LogP contribution in [-0.4, -0.2) is 67.6 Å². The molecule has 1 aliphatic rings. The number of aryl methyl sites for hydroxylation is 1. The average molecular weight is 409 g/mol. The molecule has 2 aromatic heterocycles. The van der Waals surface area contributed by atoms with Gasteiger partial charge in [-0.15, -0.1) is 5.10 Å². The number of H-pyrrole nitrogens is 1. The van der Waals surface area contributed by atoms with E-state index in [-0.39, 0.29) is 17.4 Å². The summed E-state index contributed by atoms with van der Waals surface area (Å²) in [5, 5.41) is 13.9. The van der Waals surface area contributed by atoms with Crippen molar-refractivity contribution in [3.63, 3.8) is 0 Å². The Labute approximate surface area is 168 Å². The van der Waals surface area contributed by atoms with E-state index in [2.05, 4.69) is 35.6 Å². The van der Waals surface area contributed by atoms with Crippen molar-refractivity contribution >= 4 is 35.0 Å². The summed E-state index contributed by atoms with van der Waals surface area (Å²) >= 11 is 6.00. The van der Waals surface area contributed by atoms with Gasteiger partial charge in [0.05, 0.1) is 11.9 Å². The van der Waals surface area contributed by atoms with Crippen LogP contribution >= 0.6 is 11.6 Å². The van der Waals surface area contributed by atoms with Crippen LogP contribution in [0.3, 0.4) is 0 Å². The number of hydrogen-bond donors (Lipinski definition) is 2. The van der Waals surface area contributed by atoms with Crippen LogP contribution in [-0.2, 0) is 4.74 Å². The molecule has 0 saturated carbocycles. The summed E-state index contributed by atoms with van der Waals surface area (Å²) < 4.78 is 5.51. The number of anilines is 3. The summed E-state index contributed by atoms with van der Waals surface area (Å²) in [7, 11) is 0. The monoisotopic (exact) mass is 408 g/mol. The van der Waals surface area contributed by atoms with Crippen molar-refractivity contribution < 1.29 is 9.53 Å². The smallest absolute Gasteiger partial charge is 0.410 e. The average Bonchev–Trinajstić information content (AvgIpc) is 2.98. The number of hydrogen-bond acceptors (Lipinski definition) is 8. The van der Waals surface area contributed by atoms with E-state index in [1.54, 1.807) is 11.1 Å². The molecule has 3 rings (SSSR count). The molecule has 0 aliphatic carbocycles.